The van der Waals surface area contributed by atoms with E-state index in [1.165, 1.54) is 7.11 Å². The van der Waals surface area contributed by atoms with Gasteiger partial charge in [0.2, 0.25) is 5.91 Å². The molecule has 0 aliphatic heterocycles. The van der Waals surface area contributed by atoms with Gasteiger partial charge in [0, 0.05) is 6.42 Å². The Kier molecular flexibility index (Phi) is 5.53. The van der Waals surface area contributed by atoms with E-state index in [0.717, 1.165) is 16.3 Å². The zero-order valence-electron chi connectivity index (χ0n) is 12.7. The predicted octanol–water partition coefficient (Wildman–Crippen LogP) is 1.75. The molecule has 0 heterocycles. The van der Waals surface area contributed by atoms with Crippen molar-refractivity contribution in [1.82, 2.24) is 10.6 Å². The number of nitrogens with one attached hydrogen (secondary N) is 2. The molecule has 0 aliphatic rings. The molecule has 1 atom stereocenters. The molecule has 2 rings (SSSR count). The lowest BCUT2D eigenvalue weighted by Gasteiger charge is -2.17. The number of carbonyl (C=O) groups is 2. The molecule has 0 aliphatic carbocycles. The quantitative estimate of drug-likeness (QED) is 0.823. The molecule has 6 nitrogen and oxygen atoms in total. The third-order valence-electron chi connectivity index (χ3n) is 3.39. The maximum Gasteiger partial charge on any atom is 0.407 e. The van der Waals surface area contributed by atoms with E-state index < -0.39 is 18.0 Å². The lowest BCUT2D eigenvalue weighted by molar-refractivity contribution is -0.122. The van der Waals surface area contributed by atoms with E-state index in [1.807, 2.05) is 48.5 Å². The summed E-state index contributed by atoms with van der Waals surface area (Å²) < 4.78 is 4.55. The molecule has 0 radical (unpaired) electrons. The van der Waals surface area contributed by atoms with Gasteiger partial charge in [-0.25, -0.2) is 4.79 Å². The summed E-state index contributed by atoms with van der Waals surface area (Å²) in [6.45, 7) is -0.115. The molecule has 0 aromatic heterocycles. The highest BCUT2D eigenvalue weighted by Crippen LogP contribution is 2.16. The van der Waals surface area contributed by atoms with Crippen LogP contribution in [-0.2, 0) is 16.0 Å². The highest BCUT2D eigenvalue weighted by Gasteiger charge is 2.21. The van der Waals surface area contributed by atoms with Crippen LogP contribution in [0.5, 0.6) is 0 Å². The topological polar surface area (TPSA) is 91.2 Å². The maximum absolute atomic E-state index is 12.1. The fraction of sp³-hybridized carbons (Fsp3) is 0.235. The molecular formula is C17H17N3O3. The summed E-state index contributed by atoms with van der Waals surface area (Å²) in [5, 5.41) is 15.6. The first-order valence-corrected chi connectivity index (χ1v) is 7.11. The molecule has 2 amide bonds. The van der Waals surface area contributed by atoms with Crippen molar-refractivity contribution in [1.29, 1.82) is 5.26 Å². The lowest BCUT2D eigenvalue weighted by atomic mass is 10.0. The Balaban J connectivity index is 2.18. The van der Waals surface area contributed by atoms with Crippen molar-refractivity contribution in [2.45, 2.75) is 12.5 Å². The molecule has 2 N–H and O–H groups in total. The molecule has 6 heteroatoms. The van der Waals surface area contributed by atoms with E-state index in [-0.39, 0.29) is 6.54 Å². The van der Waals surface area contributed by atoms with Crippen LogP contribution in [0.4, 0.5) is 4.79 Å². The van der Waals surface area contributed by atoms with Crippen LogP contribution in [0, 0.1) is 11.3 Å². The van der Waals surface area contributed by atoms with Gasteiger partial charge in [-0.2, -0.15) is 5.26 Å². The van der Waals surface area contributed by atoms with E-state index in [1.54, 1.807) is 0 Å². The first kappa shape index (κ1) is 16.3. The van der Waals surface area contributed by atoms with Crippen molar-refractivity contribution < 1.29 is 14.3 Å². The Morgan fingerprint density at radius 1 is 1.22 bits per heavy atom. The molecule has 23 heavy (non-hydrogen) atoms. The normalized spacial score (nSPS) is 11.3. The van der Waals surface area contributed by atoms with Crippen LogP contribution in [0.3, 0.4) is 0 Å². The van der Waals surface area contributed by atoms with Crippen LogP contribution in [0.1, 0.15) is 5.56 Å². The summed E-state index contributed by atoms with van der Waals surface area (Å²) in [5.41, 5.74) is 0.900. The minimum atomic E-state index is -0.808. The fourth-order valence-corrected chi connectivity index (χ4v) is 2.26. The van der Waals surface area contributed by atoms with Crippen LogP contribution < -0.4 is 10.6 Å². The number of methoxy groups -OCH3 is 1. The second-order valence-electron chi connectivity index (χ2n) is 4.95. The molecule has 0 fully saturated rings. The highest BCUT2D eigenvalue weighted by molar-refractivity contribution is 5.87. The molecule has 0 spiro atoms. The Hall–Kier alpha value is -3.07. The first-order valence-electron chi connectivity index (χ1n) is 7.11. The molecule has 2 aromatic rings. The maximum atomic E-state index is 12.1. The number of amides is 2. The van der Waals surface area contributed by atoms with E-state index >= 15 is 0 Å². The molecule has 0 saturated heterocycles. The fourth-order valence-electron chi connectivity index (χ4n) is 2.26. The van der Waals surface area contributed by atoms with E-state index in [9.17, 15) is 9.59 Å². The van der Waals surface area contributed by atoms with Gasteiger partial charge in [0.05, 0.1) is 13.2 Å². The number of hydrogen-bond donors (Lipinski definition) is 2. The summed E-state index contributed by atoms with van der Waals surface area (Å²) >= 11 is 0. The summed E-state index contributed by atoms with van der Waals surface area (Å²) in [4.78, 5) is 23.5. The first-order chi connectivity index (χ1) is 11.1. The van der Waals surface area contributed by atoms with Gasteiger partial charge >= 0.3 is 6.09 Å². The van der Waals surface area contributed by atoms with Gasteiger partial charge in [0.25, 0.3) is 0 Å². The van der Waals surface area contributed by atoms with E-state index in [0.29, 0.717) is 6.42 Å². The highest BCUT2D eigenvalue weighted by atomic mass is 16.5. The van der Waals surface area contributed by atoms with Gasteiger partial charge in [0.1, 0.15) is 12.6 Å². The third-order valence-corrected chi connectivity index (χ3v) is 3.39. The van der Waals surface area contributed by atoms with Crippen molar-refractivity contribution in [3.63, 3.8) is 0 Å². The standard InChI is InChI=1S/C17H17N3O3/c1-23-17(22)20-15(16(21)19-9-8-18)11-12-6-7-13-4-2-3-5-14(13)10-12/h2-7,10,15H,9,11H2,1H3,(H,19,21)(H,20,22). The van der Waals surface area contributed by atoms with Crippen LogP contribution in [0.15, 0.2) is 42.5 Å². The number of hydrogen-bond acceptors (Lipinski definition) is 4. The van der Waals surface area contributed by atoms with Crippen molar-refractivity contribution >= 4 is 22.8 Å². The van der Waals surface area contributed by atoms with Crippen LogP contribution in [0.25, 0.3) is 10.8 Å². The van der Waals surface area contributed by atoms with E-state index in [2.05, 4.69) is 15.4 Å². The Labute approximate surface area is 134 Å². The summed E-state index contributed by atoms with van der Waals surface area (Å²) in [6, 6.07) is 14.8. The van der Waals surface area contributed by atoms with Gasteiger partial charge in [-0.05, 0) is 16.3 Å². The number of nitrogens with zero attached hydrogens (tertiary/aromatic N) is 1. The van der Waals surface area contributed by atoms with Crippen LogP contribution in [-0.4, -0.2) is 31.7 Å². The summed E-state index contributed by atoms with van der Waals surface area (Å²) in [5.74, 6) is -0.426. The minimum absolute atomic E-state index is 0.115. The number of alkyl carbamates (subject to hydrolysis) is 1. The second kappa shape index (κ2) is 7.80. The van der Waals surface area contributed by atoms with Gasteiger partial charge in [0.15, 0.2) is 0 Å². The molecular weight excluding hydrogens is 294 g/mol. The Bertz CT molecular complexity index is 752. The summed E-state index contributed by atoms with van der Waals surface area (Å²) in [6.07, 6.45) is -0.389. The number of rotatable bonds is 5. The van der Waals surface area contributed by atoms with Crippen LogP contribution in [0.2, 0.25) is 0 Å². The van der Waals surface area contributed by atoms with Crippen molar-refractivity contribution in [3.8, 4) is 6.07 Å². The zero-order chi connectivity index (χ0) is 16.7. The van der Waals surface area contributed by atoms with Gasteiger partial charge < -0.3 is 15.4 Å². The summed E-state index contributed by atoms with van der Waals surface area (Å²) in [7, 11) is 1.23. The molecule has 0 bridgehead atoms. The van der Waals surface area contributed by atoms with Crippen molar-refractivity contribution in [2.24, 2.45) is 0 Å². The van der Waals surface area contributed by atoms with Crippen molar-refractivity contribution in [3.05, 3.63) is 48.0 Å². The average molecular weight is 311 g/mol. The Morgan fingerprint density at radius 2 is 1.96 bits per heavy atom. The predicted molar refractivity (Wildman–Crippen MR) is 85.6 cm³/mol. The van der Waals surface area contributed by atoms with Gasteiger partial charge in [-0.1, -0.05) is 42.5 Å². The van der Waals surface area contributed by atoms with Gasteiger partial charge in [-0.3, -0.25) is 4.79 Å². The third kappa shape index (κ3) is 4.45. The van der Waals surface area contributed by atoms with Crippen molar-refractivity contribution in [2.75, 3.05) is 13.7 Å². The number of benzene rings is 2. The lowest BCUT2D eigenvalue weighted by Crippen LogP contribution is -2.48. The van der Waals surface area contributed by atoms with E-state index in [4.69, 9.17) is 5.26 Å². The number of nitriles is 1. The van der Waals surface area contributed by atoms with Gasteiger partial charge in [-0.15, -0.1) is 0 Å². The molecule has 1 unspecified atom stereocenters. The second-order valence-corrected chi connectivity index (χ2v) is 4.95. The molecule has 118 valence electrons. The smallest absolute Gasteiger partial charge is 0.407 e. The number of fused-ring (bicyclic) bond motifs is 1. The molecule has 2 aromatic carbocycles. The van der Waals surface area contributed by atoms with Crippen LogP contribution >= 0.6 is 0 Å². The minimum Gasteiger partial charge on any atom is -0.453 e. The largest absolute Gasteiger partial charge is 0.453 e. The SMILES string of the molecule is COC(=O)NC(Cc1ccc2ccccc2c1)C(=O)NCC#N. The average Bonchev–Trinajstić information content (AvgIpc) is 2.58. The monoisotopic (exact) mass is 311 g/mol. The number of ether oxygens (including phenoxy) is 1. The molecule has 0 saturated carbocycles. The number of carbonyl (C=O) groups excluding carboxylic acids is 2. The Morgan fingerprint density at radius 3 is 2.65 bits per heavy atom. The zero-order valence-corrected chi connectivity index (χ0v) is 12.7.